The van der Waals surface area contributed by atoms with E-state index in [-0.39, 0.29) is 31.3 Å². The molecule has 0 radical (unpaired) electrons. The fourth-order valence-electron chi connectivity index (χ4n) is 4.37. The lowest BCUT2D eigenvalue weighted by Gasteiger charge is -2.29. The summed E-state index contributed by atoms with van der Waals surface area (Å²) in [6.07, 6.45) is -2.94. The number of carboxylic acid groups (broad SMARTS) is 1. The van der Waals surface area contributed by atoms with E-state index in [0.29, 0.717) is 42.9 Å². The summed E-state index contributed by atoms with van der Waals surface area (Å²) < 4.78 is 60.4. The SMILES string of the molecule is Cc1cc(C)c(S(=O)(=O)N(CCCN2CCCC2=O)CCC(=O)N2CCNCC2)cc1C.O=C(O)C(F)(F)F. The summed E-state index contributed by atoms with van der Waals surface area (Å²) in [4.78, 5) is 37.4. The van der Waals surface area contributed by atoms with Crippen LogP contribution < -0.4 is 5.32 Å². The van der Waals surface area contributed by atoms with Crippen molar-refractivity contribution >= 4 is 27.8 Å². The molecule has 0 aliphatic carbocycles. The number of hydrogen-bond acceptors (Lipinski definition) is 6. The van der Waals surface area contributed by atoms with Gasteiger partial charge < -0.3 is 20.2 Å². The zero-order valence-corrected chi connectivity index (χ0v) is 23.3. The molecule has 2 N–H and O–H groups in total. The van der Waals surface area contributed by atoms with Crippen molar-refractivity contribution < 1.29 is 41.1 Å². The maximum absolute atomic E-state index is 13.6. The van der Waals surface area contributed by atoms with Crippen LogP contribution in [-0.2, 0) is 24.4 Å². The van der Waals surface area contributed by atoms with Crippen molar-refractivity contribution in [1.29, 1.82) is 0 Å². The number of aliphatic carboxylic acids is 1. The van der Waals surface area contributed by atoms with Gasteiger partial charge in [-0.05, 0) is 56.4 Å². The van der Waals surface area contributed by atoms with Crippen LogP contribution in [0.4, 0.5) is 13.2 Å². The zero-order chi connectivity index (χ0) is 29.4. The van der Waals surface area contributed by atoms with Crippen LogP contribution in [0.5, 0.6) is 0 Å². The van der Waals surface area contributed by atoms with Gasteiger partial charge in [-0.1, -0.05) is 6.07 Å². The monoisotopic (exact) mass is 578 g/mol. The van der Waals surface area contributed by atoms with Crippen LogP contribution in [0.3, 0.4) is 0 Å². The smallest absolute Gasteiger partial charge is 0.475 e. The van der Waals surface area contributed by atoms with Crippen LogP contribution >= 0.6 is 0 Å². The average Bonchev–Trinajstić information content (AvgIpc) is 3.27. The molecular formula is C25H37F3N4O6S. The first-order chi connectivity index (χ1) is 18.1. The molecule has 0 aromatic heterocycles. The Kier molecular flexibility index (Phi) is 11.7. The molecule has 39 heavy (non-hydrogen) atoms. The predicted octanol–water partition coefficient (Wildman–Crippen LogP) is 2.07. The first-order valence-electron chi connectivity index (χ1n) is 12.8. The van der Waals surface area contributed by atoms with Gasteiger partial charge >= 0.3 is 12.1 Å². The third-order valence-electron chi connectivity index (χ3n) is 6.70. The van der Waals surface area contributed by atoms with E-state index in [1.165, 1.54) is 4.31 Å². The Morgan fingerprint density at radius 3 is 2.15 bits per heavy atom. The fraction of sp³-hybridized carbons (Fsp3) is 0.640. The maximum atomic E-state index is 13.6. The number of nitrogens with zero attached hydrogens (tertiary/aromatic N) is 3. The molecule has 2 amide bonds. The maximum Gasteiger partial charge on any atom is 0.490 e. The molecular weight excluding hydrogens is 541 g/mol. The van der Waals surface area contributed by atoms with Crippen molar-refractivity contribution in [2.75, 3.05) is 52.4 Å². The largest absolute Gasteiger partial charge is 0.490 e. The third-order valence-corrected chi connectivity index (χ3v) is 8.74. The minimum atomic E-state index is -5.08. The lowest BCUT2D eigenvalue weighted by Crippen LogP contribution is -2.47. The van der Waals surface area contributed by atoms with Crippen molar-refractivity contribution in [2.45, 2.75) is 57.5 Å². The molecule has 0 spiro atoms. The number of carbonyl (C=O) groups is 3. The van der Waals surface area contributed by atoms with Crippen LogP contribution in [-0.4, -0.2) is 104 Å². The predicted molar refractivity (Wildman–Crippen MR) is 138 cm³/mol. The summed E-state index contributed by atoms with van der Waals surface area (Å²) in [6.45, 7) is 10.2. The van der Waals surface area contributed by atoms with Crippen LogP contribution in [0, 0.1) is 20.8 Å². The second-order valence-corrected chi connectivity index (χ2v) is 11.5. The van der Waals surface area contributed by atoms with Crippen molar-refractivity contribution in [3.8, 4) is 0 Å². The van der Waals surface area contributed by atoms with Crippen molar-refractivity contribution in [3.05, 3.63) is 28.8 Å². The topological polar surface area (TPSA) is 127 Å². The molecule has 3 rings (SSSR count). The number of halogens is 3. The van der Waals surface area contributed by atoms with Crippen LogP contribution in [0.15, 0.2) is 17.0 Å². The molecule has 2 fully saturated rings. The molecule has 2 aliphatic rings. The number of rotatable bonds is 9. The normalized spacial score (nSPS) is 16.3. The van der Waals surface area contributed by atoms with Gasteiger partial charge in [-0.25, -0.2) is 13.2 Å². The number of nitrogens with one attached hydrogen (secondary N) is 1. The Bertz CT molecular complexity index is 1140. The summed E-state index contributed by atoms with van der Waals surface area (Å²) in [6, 6.07) is 3.63. The van der Waals surface area contributed by atoms with E-state index in [1.807, 2.05) is 26.8 Å². The number of hydrogen-bond donors (Lipinski definition) is 2. The quantitative estimate of drug-likeness (QED) is 0.459. The third kappa shape index (κ3) is 9.46. The molecule has 0 unspecified atom stereocenters. The highest BCUT2D eigenvalue weighted by atomic mass is 32.2. The van der Waals surface area contributed by atoms with E-state index < -0.39 is 22.2 Å². The number of benzene rings is 1. The minimum absolute atomic E-state index is 0.0155. The van der Waals surface area contributed by atoms with Crippen molar-refractivity contribution in [3.63, 3.8) is 0 Å². The molecule has 2 aliphatic heterocycles. The van der Waals surface area contributed by atoms with E-state index >= 15 is 0 Å². The van der Waals surface area contributed by atoms with Gasteiger partial charge in [0.25, 0.3) is 0 Å². The highest BCUT2D eigenvalue weighted by molar-refractivity contribution is 7.89. The number of sulfonamides is 1. The van der Waals surface area contributed by atoms with Crippen LogP contribution in [0.1, 0.15) is 42.4 Å². The molecule has 0 atom stereocenters. The molecule has 0 saturated carbocycles. The molecule has 1 aromatic carbocycles. The van der Waals surface area contributed by atoms with Crippen LogP contribution in [0.2, 0.25) is 0 Å². The number of likely N-dealkylation sites (tertiary alicyclic amines) is 1. The first kappa shape index (κ1) is 32.5. The summed E-state index contributed by atoms with van der Waals surface area (Å²) in [5.41, 5.74) is 2.68. The Morgan fingerprint density at radius 2 is 1.62 bits per heavy atom. The highest BCUT2D eigenvalue weighted by Gasteiger charge is 2.38. The lowest BCUT2D eigenvalue weighted by atomic mass is 10.1. The van der Waals surface area contributed by atoms with Gasteiger partial charge in [0.2, 0.25) is 21.8 Å². The van der Waals surface area contributed by atoms with Crippen LogP contribution in [0.25, 0.3) is 0 Å². The van der Waals surface area contributed by atoms with Gasteiger partial charge in [0.1, 0.15) is 0 Å². The second-order valence-electron chi connectivity index (χ2n) is 9.63. The van der Waals surface area contributed by atoms with Crippen molar-refractivity contribution in [2.24, 2.45) is 0 Å². The van der Waals surface area contributed by atoms with E-state index in [4.69, 9.17) is 9.90 Å². The number of piperazine rings is 1. The number of alkyl halides is 3. The Labute approximate surface area is 227 Å². The molecule has 2 heterocycles. The fourth-order valence-corrected chi connectivity index (χ4v) is 6.15. The minimum Gasteiger partial charge on any atom is -0.475 e. The average molecular weight is 579 g/mol. The summed E-state index contributed by atoms with van der Waals surface area (Å²) in [5.74, 6) is -2.64. The van der Waals surface area contributed by atoms with E-state index in [0.717, 1.165) is 37.2 Å². The second kappa shape index (κ2) is 14.1. The lowest BCUT2D eigenvalue weighted by molar-refractivity contribution is -0.192. The summed E-state index contributed by atoms with van der Waals surface area (Å²) in [5, 5.41) is 10.3. The summed E-state index contributed by atoms with van der Waals surface area (Å²) in [7, 11) is -3.76. The van der Waals surface area contributed by atoms with Gasteiger partial charge in [-0.15, -0.1) is 0 Å². The molecule has 10 nitrogen and oxygen atoms in total. The molecule has 220 valence electrons. The van der Waals surface area contributed by atoms with Crippen molar-refractivity contribution in [1.82, 2.24) is 19.4 Å². The molecule has 1 aromatic rings. The van der Waals surface area contributed by atoms with E-state index in [9.17, 15) is 31.2 Å². The molecule has 14 heteroatoms. The number of carboxylic acids is 1. The van der Waals surface area contributed by atoms with Gasteiger partial charge in [-0.3, -0.25) is 9.59 Å². The van der Waals surface area contributed by atoms with Gasteiger partial charge in [0, 0.05) is 65.2 Å². The number of amides is 2. The highest BCUT2D eigenvalue weighted by Crippen LogP contribution is 2.24. The molecule has 0 bridgehead atoms. The summed E-state index contributed by atoms with van der Waals surface area (Å²) >= 11 is 0. The Hall–Kier alpha value is -2.71. The van der Waals surface area contributed by atoms with E-state index in [2.05, 4.69) is 5.32 Å². The Morgan fingerprint density at radius 1 is 1.03 bits per heavy atom. The standard InChI is InChI=1S/C23H36N4O4S.C2HF3O2/c1-18-16-20(3)21(17-19(18)2)32(30,31)27(12-5-11-25-10-4-6-22(25)28)13-7-23(29)26-14-8-24-9-15-26;3-2(4,5)1(6)7/h16-17,24H,4-15H2,1-3H3;(H,6,7). The molecule has 2 saturated heterocycles. The van der Waals surface area contributed by atoms with Gasteiger partial charge in [0.15, 0.2) is 0 Å². The number of aryl methyl sites for hydroxylation is 3. The van der Waals surface area contributed by atoms with E-state index in [1.54, 1.807) is 15.9 Å². The van der Waals surface area contributed by atoms with Gasteiger partial charge in [0.05, 0.1) is 4.90 Å². The van der Waals surface area contributed by atoms with Gasteiger partial charge in [-0.2, -0.15) is 17.5 Å². The Balaban J connectivity index is 0.000000673. The number of carbonyl (C=O) groups excluding carboxylic acids is 2. The first-order valence-corrected chi connectivity index (χ1v) is 14.2. The zero-order valence-electron chi connectivity index (χ0n) is 22.5.